The van der Waals surface area contributed by atoms with Gasteiger partial charge in [-0.25, -0.2) is 9.97 Å². The molecular formula is C11H8F3N3S. The van der Waals surface area contributed by atoms with E-state index in [1.807, 2.05) is 6.07 Å². The molecule has 0 aliphatic heterocycles. The smallest absolute Gasteiger partial charge is 0.384 e. The van der Waals surface area contributed by atoms with E-state index in [4.69, 9.17) is 5.73 Å². The van der Waals surface area contributed by atoms with E-state index in [1.165, 1.54) is 6.07 Å². The van der Waals surface area contributed by atoms with E-state index in [2.05, 4.69) is 9.97 Å². The first-order valence-corrected chi connectivity index (χ1v) is 5.71. The van der Waals surface area contributed by atoms with Crippen molar-refractivity contribution in [3.8, 4) is 0 Å². The van der Waals surface area contributed by atoms with E-state index < -0.39 is 12.0 Å². The van der Waals surface area contributed by atoms with Crippen molar-refractivity contribution in [1.29, 1.82) is 0 Å². The zero-order chi connectivity index (χ0) is 13.2. The Morgan fingerprint density at radius 1 is 1.06 bits per heavy atom. The van der Waals surface area contributed by atoms with Crippen LogP contribution in [0.5, 0.6) is 0 Å². The number of rotatable bonds is 2. The summed E-state index contributed by atoms with van der Waals surface area (Å²) in [6, 6.07) is 10.3. The van der Waals surface area contributed by atoms with E-state index >= 15 is 0 Å². The minimum atomic E-state index is -4.60. The van der Waals surface area contributed by atoms with Crippen LogP contribution in [0.2, 0.25) is 0 Å². The molecule has 7 heteroatoms. The van der Waals surface area contributed by atoms with Gasteiger partial charge in [-0.05, 0) is 12.1 Å². The SMILES string of the molecule is Nc1cc(Sc2ccccc2)nc(C(F)(F)F)n1. The lowest BCUT2D eigenvalue weighted by Crippen LogP contribution is -2.12. The fourth-order valence-electron chi connectivity index (χ4n) is 1.23. The third-order valence-electron chi connectivity index (χ3n) is 1.94. The average Bonchev–Trinajstić information content (AvgIpc) is 2.28. The Bertz CT molecular complexity index is 543. The van der Waals surface area contributed by atoms with Crippen LogP contribution in [0.15, 0.2) is 46.3 Å². The van der Waals surface area contributed by atoms with Crippen molar-refractivity contribution in [1.82, 2.24) is 9.97 Å². The molecule has 0 aliphatic rings. The predicted octanol–water partition coefficient (Wildman–Crippen LogP) is 3.23. The molecule has 0 aliphatic carbocycles. The number of alkyl halides is 3. The molecule has 1 heterocycles. The van der Waals surface area contributed by atoms with Crippen molar-refractivity contribution in [3.05, 3.63) is 42.2 Å². The number of nitrogen functional groups attached to an aromatic ring is 1. The van der Waals surface area contributed by atoms with Gasteiger partial charge in [0.1, 0.15) is 10.8 Å². The van der Waals surface area contributed by atoms with Crippen LogP contribution < -0.4 is 5.73 Å². The van der Waals surface area contributed by atoms with Gasteiger partial charge >= 0.3 is 6.18 Å². The first kappa shape index (κ1) is 12.7. The summed E-state index contributed by atoms with van der Waals surface area (Å²) in [7, 11) is 0. The second-order valence-corrected chi connectivity index (χ2v) is 4.46. The molecule has 0 bridgehead atoms. The summed E-state index contributed by atoms with van der Waals surface area (Å²) in [5.74, 6) is -1.42. The number of benzene rings is 1. The van der Waals surface area contributed by atoms with Gasteiger partial charge in [0.2, 0.25) is 5.82 Å². The summed E-state index contributed by atoms with van der Waals surface area (Å²) in [4.78, 5) is 7.40. The fraction of sp³-hybridized carbons (Fsp3) is 0.0909. The van der Waals surface area contributed by atoms with Crippen LogP contribution in [0.25, 0.3) is 0 Å². The maximum Gasteiger partial charge on any atom is 0.451 e. The highest BCUT2D eigenvalue weighted by molar-refractivity contribution is 7.99. The number of nitrogens with two attached hydrogens (primary N) is 1. The number of anilines is 1. The molecule has 18 heavy (non-hydrogen) atoms. The average molecular weight is 271 g/mol. The number of hydrogen-bond donors (Lipinski definition) is 1. The second-order valence-electron chi connectivity index (χ2n) is 3.37. The lowest BCUT2D eigenvalue weighted by molar-refractivity contribution is -0.145. The van der Waals surface area contributed by atoms with Gasteiger partial charge in [-0.2, -0.15) is 13.2 Å². The normalized spacial score (nSPS) is 11.5. The van der Waals surface area contributed by atoms with Crippen molar-refractivity contribution in [2.75, 3.05) is 5.73 Å². The monoisotopic (exact) mass is 271 g/mol. The van der Waals surface area contributed by atoms with Crippen molar-refractivity contribution >= 4 is 17.6 Å². The molecule has 2 N–H and O–H groups in total. The molecule has 0 spiro atoms. The maximum atomic E-state index is 12.5. The number of halogens is 3. The molecule has 1 aromatic heterocycles. The molecular weight excluding hydrogens is 263 g/mol. The standard InChI is InChI=1S/C11H8F3N3S/c12-11(13,14)10-16-8(15)6-9(17-10)18-7-4-2-1-3-5-7/h1-6H,(H2,15,16,17). The van der Waals surface area contributed by atoms with Gasteiger partial charge in [-0.1, -0.05) is 30.0 Å². The summed E-state index contributed by atoms with van der Waals surface area (Å²) in [6.07, 6.45) is -4.60. The van der Waals surface area contributed by atoms with Gasteiger partial charge in [0.25, 0.3) is 0 Å². The van der Waals surface area contributed by atoms with Crippen LogP contribution in [-0.2, 0) is 6.18 Å². The quantitative estimate of drug-likeness (QED) is 0.852. The zero-order valence-corrected chi connectivity index (χ0v) is 9.79. The first-order valence-electron chi connectivity index (χ1n) is 4.90. The second kappa shape index (κ2) is 4.85. The predicted molar refractivity (Wildman–Crippen MR) is 62.0 cm³/mol. The van der Waals surface area contributed by atoms with Gasteiger partial charge < -0.3 is 5.73 Å². The highest BCUT2D eigenvalue weighted by atomic mass is 32.2. The Labute approximate surface area is 105 Å². The Balaban J connectivity index is 2.32. The maximum absolute atomic E-state index is 12.5. The molecule has 0 saturated carbocycles. The van der Waals surface area contributed by atoms with Gasteiger partial charge in [0, 0.05) is 11.0 Å². The summed E-state index contributed by atoms with van der Waals surface area (Å²) < 4.78 is 37.5. The van der Waals surface area contributed by atoms with Crippen LogP contribution in [-0.4, -0.2) is 9.97 Å². The van der Waals surface area contributed by atoms with E-state index in [0.29, 0.717) is 0 Å². The molecule has 0 amide bonds. The van der Waals surface area contributed by atoms with Crippen LogP contribution in [0.3, 0.4) is 0 Å². The summed E-state index contributed by atoms with van der Waals surface area (Å²) in [5.41, 5.74) is 5.35. The molecule has 0 radical (unpaired) electrons. The number of nitrogens with zero attached hydrogens (tertiary/aromatic N) is 2. The molecule has 0 atom stereocenters. The van der Waals surface area contributed by atoms with Gasteiger partial charge in [-0.15, -0.1) is 0 Å². The van der Waals surface area contributed by atoms with Gasteiger partial charge in [-0.3, -0.25) is 0 Å². The Morgan fingerprint density at radius 3 is 2.33 bits per heavy atom. The van der Waals surface area contributed by atoms with E-state index in [1.54, 1.807) is 24.3 Å². The Kier molecular flexibility index (Phi) is 3.42. The Hall–Kier alpha value is -1.76. The van der Waals surface area contributed by atoms with Crippen LogP contribution in [0.1, 0.15) is 5.82 Å². The minimum absolute atomic E-state index is 0.168. The zero-order valence-electron chi connectivity index (χ0n) is 8.98. The van der Waals surface area contributed by atoms with Crippen molar-refractivity contribution < 1.29 is 13.2 Å². The lowest BCUT2D eigenvalue weighted by atomic mass is 10.4. The topological polar surface area (TPSA) is 51.8 Å². The van der Waals surface area contributed by atoms with Crippen LogP contribution in [0.4, 0.5) is 19.0 Å². The fourth-order valence-corrected chi connectivity index (χ4v) is 2.08. The molecule has 0 unspecified atom stereocenters. The van der Waals surface area contributed by atoms with Gasteiger partial charge in [0.15, 0.2) is 0 Å². The summed E-state index contributed by atoms with van der Waals surface area (Å²) in [5, 5.41) is 0.168. The number of aromatic nitrogens is 2. The van der Waals surface area contributed by atoms with E-state index in [9.17, 15) is 13.2 Å². The van der Waals surface area contributed by atoms with E-state index in [0.717, 1.165) is 16.7 Å². The lowest BCUT2D eigenvalue weighted by Gasteiger charge is -2.07. The number of hydrogen-bond acceptors (Lipinski definition) is 4. The van der Waals surface area contributed by atoms with Crippen LogP contribution >= 0.6 is 11.8 Å². The molecule has 1 aromatic carbocycles. The molecule has 2 rings (SSSR count). The summed E-state index contributed by atoms with van der Waals surface area (Å²) >= 11 is 1.10. The highest BCUT2D eigenvalue weighted by Crippen LogP contribution is 2.31. The van der Waals surface area contributed by atoms with Gasteiger partial charge in [0.05, 0.1) is 0 Å². The molecule has 2 aromatic rings. The molecule has 0 fully saturated rings. The van der Waals surface area contributed by atoms with Crippen LogP contribution in [0, 0.1) is 0 Å². The highest BCUT2D eigenvalue weighted by Gasteiger charge is 2.35. The molecule has 94 valence electrons. The van der Waals surface area contributed by atoms with Crippen molar-refractivity contribution in [2.45, 2.75) is 16.1 Å². The van der Waals surface area contributed by atoms with Crippen molar-refractivity contribution in [3.63, 3.8) is 0 Å². The van der Waals surface area contributed by atoms with Crippen molar-refractivity contribution in [2.24, 2.45) is 0 Å². The largest absolute Gasteiger partial charge is 0.451 e. The summed E-state index contributed by atoms with van der Waals surface area (Å²) in [6.45, 7) is 0. The first-order chi connectivity index (χ1) is 8.45. The minimum Gasteiger partial charge on any atom is -0.384 e. The molecule has 0 saturated heterocycles. The third kappa shape index (κ3) is 3.13. The third-order valence-corrected chi connectivity index (χ3v) is 2.87. The molecule has 3 nitrogen and oxygen atoms in total. The van der Waals surface area contributed by atoms with E-state index in [-0.39, 0.29) is 10.8 Å². The Morgan fingerprint density at radius 2 is 1.72 bits per heavy atom.